The third-order valence-electron chi connectivity index (χ3n) is 5.46. The van der Waals surface area contributed by atoms with Crippen LogP contribution in [-0.4, -0.2) is 31.4 Å². The summed E-state index contributed by atoms with van der Waals surface area (Å²) >= 11 is 0. The third kappa shape index (κ3) is 3.78. The first-order valence-corrected chi connectivity index (χ1v) is 9.00. The van der Waals surface area contributed by atoms with Gasteiger partial charge in [-0.2, -0.15) is 0 Å². The molecule has 1 aromatic carbocycles. The molecule has 1 aliphatic carbocycles. The molecule has 3 N–H and O–H groups in total. The summed E-state index contributed by atoms with van der Waals surface area (Å²) < 4.78 is 0. The zero-order chi connectivity index (χ0) is 16.8. The zero-order valence-electron chi connectivity index (χ0n) is 14.1. The van der Waals surface area contributed by atoms with Crippen LogP contribution in [0.3, 0.4) is 0 Å². The average molecular weight is 329 g/mol. The second-order valence-corrected chi connectivity index (χ2v) is 7.00. The summed E-state index contributed by atoms with van der Waals surface area (Å²) in [7, 11) is 0. The van der Waals surface area contributed by atoms with Gasteiger partial charge < -0.3 is 16.0 Å². The number of benzene rings is 1. The fraction of sp³-hybridized carbons (Fsp3) is 0.579. The predicted octanol–water partition coefficient (Wildman–Crippen LogP) is 1.59. The quantitative estimate of drug-likeness (QED) is 0.742. The van der Waals surface area contributed by atoms with Crippen molar-refractivity contribution in [1.82, 2.24) is 16.0 Å². The number of carbonyl (C=O) groups excluding carboxylic acids is 2. The van der Waals surface area contributed by atoms with Crippen LogP contribution in [0.15, 0.2) is 30.3 Å². The zero-order valence-corrected chi connectivity index (χ0v) is 14.1. The van der Waals surface area contributed by atoms with Gasteiger partial charge in [0.2, 0.25) is 11.8 Å². The van der Waals surface area contributed by atoms with Crippen molar-refractivity contribution in [3.63, 3.8) is 0 Å². The van der Waals surface area contributed by atoms with Crippen LogP contribution in [0, 0.1) is 11.3 Å². The van der Waals surface area contributed by atoms with Gasteiger partial charge in [-0.3, -0.25) is 9.59 Å². The fourth-order valence-corrected chi connectivity index (χ4v) is 4.04. The van der Waals surface area contributed by atoms with Crippen molar-refractivity contribution in [2.45, 2.75) is 38.6 Å². The maximum atomic E-state index is 12.7. The first kappa shape index (κ1) is 17.0. The minimum atomic E-state index is -0.237. The topological polar surface area (TPSA) is 70.2 Å². The van der Waals surface area contributed by atoms with Gasteiger partial charge in [0.15, 0.2) is 0 Å². The van der Waals surface area contributed by atoms with Crippen molar-refractivity contribution in [2.75, 3.05) is 19.6 Å². The van der Waals surface area contributed by atoms with E-state index >= 15 is 0 Å². The van der Waals surface area contributed by atoms with E-state index in [0.29, 0.717) is 25.4 Å². The lowest BCUT2D eigenvalue weighted by Crippen LogP contribution is -2.48. The lowest BCUT2D eigenvalue weighted by Gasteiger charge is -2.37. The van der Waals surface area contributed by atoms with Gasteiger partial charge in [0.1, 0.15) is 0 Å². The number of nitrogens with one attached hydrogen (secondary N) is 3. The molecule has 0 radical (unpaired) electrons. The number of fused-ring (bicyclic) bond motifs is 1. The van der Waals surface area contributed by atoms with E-state index in [1.165, 1.54) is 6.42 Å². The average Bonchev–Trinajstić information content (AvgIpc) is 3.06. The second kappa shape index (κ2) is 7.79. The highest BCUT2D eigenvalue weighted by atomic mass is 16.2. The van der Waals surface area contributed by atoms with Crippen molar-refractivity contribution < 1.29 is 9.59 Å². The van der Waals surface area contributed by atoms with Crippen molar-refractivity contribution in [3.8, 4) is 0 Å². The smallest absolute Gasteiger partial charge is 0.227 e. The van der Waals surface area contributed by atoms with Gasteiger partial charge >= 0.3 is 0 Å². The van der Waals surface area contributed by atoms with E-state index in [1.54, 1.807) is 0 Å². The van der Waals surface area contributed by atoms with Gasteiger partial charge in [-0.15, -0.1) is 0 Å². The van der Waals surface area contributed by atoms with E-state index in [9.17, 15) is 9.59 Å². The first-order chi connectivity index (χ1) is 11.7. The molecule has 3 rings (SSSR count). The number of carbonyl (C=O) groups is 2. The van der Waals surface area contributed by atoms with E-state index in [2.05, 4.69) is 16.0 Å². The van der Waals surface area contributed by atoms with Crippen molar-refractivity contribution in [1.29, 1.82) is 0 Å². The standard InChI is InChI=1S/C19H27N3O2/c23-17(22-12-15-6-2-1-3-7-15)9-11-21-18(24)19-10-5-4-8-16(19)13-20-14-19/h1-3,6-7,16,20H,4-5,8-14H2,(H,21,24)(H,22,23)/t16-,19+/m0/s1. The van der Waals surface area contributed by atoms with E-state index in [0.717, 1.165) is 37.9 Å². The molecule has 2 aliphatic rings. The Morgan fingerprint density at radius 2 is 2.00 bits per heavy atom. The Kier molecular flexibility index (Phi) is 5.51. The van der Waals surface area contributed by atoms with Crippen LogP contribution in [0.1, 0.15) is 37.7 Å². The maximum absolute atomic E-state index is 12.7. The highest BCUT2D eigenvalue weighted by Gasteiger charge is 2.49. The van der Waals surface area contributed by atoms with Gasteiger partial charge in [-0.1, -0.05) is 43.2 Å². The molecule has 2 amide bonds. The van der Waals surface area contributed by atoms with E-state index in [4.69, 9.17) is 0 Å². The Hall–Kier alpha value is -1.88. The molecule has 1 heterocycles. The van der Waals surface area contributed by atoms with E-state index in [-0.39, 0.29) is 17.2 Å². The van der Waals surface area contributed by atoms with Crippen LogP contribution in [0.4, 0.5) is 0 Å². The summed E-state index contributed by atoms with van der Waals surface area (Å²) in [6.07, 6.45) is 4.79. The molecule has 5 nitrogen and oxygen atoms in total. The summed E-state index contributed by atoms with van der Waals surface area (Å²) in [5.41, 5.74) is 0.842. The Bertz CT molecular complexity index is 575. The number of amides is 2. The van der Waals surface area contributed by atoms with Crippen LogP contribution in [0.2, 0.25) is 0 Å². The Morgan fingerprint density at radius 3 is 2.83 bits per heavy atom. The molecule has 1 aliphatic heterocycles. The predicted molar refractivity (Wildman–Crippen MR) is 93.2 cm³/mol. The number of hydrogen-bond donors (Lipinski definition) is 3. The molecule has 1 aromatic rings. The summed E-state index contributed by atoms with van der Waals surface area (Å²) in [6, 6.07) is 9.83. The van der Waals surface area contributed by atoms with Gasteiger partial charge in [-0.05, 0) is 30.9 Å². The lowest BCUT2D eigenvalue weighted by molar-refractivity contribution is -0.134. The molecule has 2 atom stereocenters. The minimum absolute atomic E-state index is 0.0265. The van der Waals surface area contributed by atoms with Gasteiger partial charge in [-0.25, -0.2) is 0 Å². The molecule has 0 bridgehead atoms. The molecule has 0 spiro atoms. The Balaban J connectivity index is 1.41. The molecule has 1 saturated carbocycles. The maximum Gasteiger partial charge on any atom is 0.227 e. The Morgan fingerprint density at radius 1 is 1.17 bits per heavy atom. The van der Waals surface area contributed by atoms with Gasteiger partial charge in [0.05, 0.1) is 5.41 Å². The second-order valence-electron chi connectivity index (χ2n) is 7.00. The molecule has 1 saturated heterocycles. The van der Waals surface area contributed by atoms with Crippen molar-refractivity contribution in [2.24, 2.45) is 11.3 Å². The largest absolute Gasteiger partial charge is 0.355 e. The molecule has 5 heteroatoms. The lowest BCUT2D eigenvalue weighted by atomic mass is 9.67. The van der Waals surface area contributed by atoms with E-state index < -0.39 is 0 Å². The highest BCUT2D eigenvalue weighted by molar-refractivity contribution is 5.84. The summed E-state index contributed by atoms with van der Waals surface area (Å²) in [4.78, 5) is 24.6. The highest BCUT2D eigenvalue weighted by Crippen LogP contribution is 2.43. The monoisotopic (exact) mass is 329 g/mol. The normalized spacial score (nSPS) is 25.8. The molecular formula is C19H27N3O2. The Labute approximate surface area is 143 Å². The summed E-state index contributed by atoms with van der Waals surface area (Å²) in [5, 5.41) is 9.28. The fourth-order valence-electron chi connectivity index (χ4n) is 4.04. The van der Waals surface area contributed by atoms with Crippen LogP contribution in [-0.2, 0) is 16.1 Å². The van der Waals surface area contributed by atoms with Crippen LogP contribution < -0.4 is 16.0 Å². The molecule has 0 aromatic heterocycles. The first-order valence-electron chi connectivity index (χ1n) is 9.00. The number of hydrogen-bond acceptors (Lipinski definition) is 3. The number of rotatable bonds is 6. The minimum Gasteiger partial charge on any atom is -0.355 e. The molecule has 130 valence electrons. The van der Waals surface area contributed by atoms with E-state index in [1.807, 2.05) is 30.3 Å². The molecular weight excluding hydrogens is 302 g/mol. The molecule has 2 fully saturated rings. The van der Waals surface area contributed by atoms with Crippen molar-refractivity contribution in [3.05, 3.63) is 35.9 Å². The molecule has 24 heavy (non-hydrogen) atoms. The van der Waals surface area contributed by atoms with Crippen molar-refractivity contribution >= 4 is 11.8 Å². The van der Waals surface area contributed by atoms with Crippen LogP contribution in [0.25, 0.3) is 0 Å². The molecule has 0 unspecified atom stereocenters. The third-order valence-corrected chi connectivity index (χ3v) is 5.46. The van der Waals surface area contributed by atoms with Crippen LogP contribution in [0.5, 0.6) is 0 Å². The SMILES string of the molecule is O=C(CCNC(=O)[C@@]12CCCC[C@H]1CNC2)NCc1ccccc1. The summed E-state index contributed by atoms with van der Waals surface area (Å²) in [5.74, 6) is 0.563. The van der Waals surface area contributed by atoms with Gasteiger partial charge in [0.25, 0.3) is 0 Å². The summed E-state index contributed by atoms with van der Waals surface area (Å²) in [6.45, 7) is 2.67. The van der Waals surface area contributed by atoms with Gasteiger partial charge in [0, 0.05) is 26.1 Å². The van der Waals surface area contributed by atoms with Crippen LogP contribution >= 0.6 is 0 Å².